The number of pyridine rings is 2. The van der Waals surface area contributed by atoms with Crippen molar-refractivity contribution in [2.45, 2.75) is 26.5 Å². The first-order valence-electron chi connectivity index (χ1n) is 6.34. The van der Waals surface area contributed by atoms with Crippen LogP contribution in [0, 0.1) is 6.92 Å². The zero-order valence-electron chi connectivity index (χ0n) is 11.5. The number of anilines is 1. The fourth-order valence-corrected chi connectivity index (χ4v) is 1.89. The van der Waals surface area contributed by atoms with E-state index < -0.39 is 6.10 Å². The highest BCUT2D eigenvalue weighted by Crippen LogP contribution is 2.16. The number of rotatable bonds is 4. The first-order valence-corrected chi connectivity index (χ1v) is 6.34. The van der Waals surface area contributed by atoms with E-state index in [0.29, 0.717) is 5.69 Å². The predicted octanol–water partition coefficient (Wildman–Crippen LogP) is 2.47. The van der Waals surface area contributed by atoms with Gasteiger partial charge in [0, 0.05) is 12.7 Å². The van der Waals surface area contributed by atoms with Gasteiger partial charge in [0.1, 0.15) is 0 Å². The number of aromatic nitrogens is 2. The molecule has 4 nitrogen and oxygen atoms in total. The molecule has 2 heterocycles. The van der Waals surface area contributed by atoms with Crippen LogP contribution in [0.4, 0.5) is 5.69 Å². The number of hydrogen-bond donors (Lipinski definition) is 1. The summed E-state index contributed by atoms with van der Waals surface area (Å²) in [5.41, 5.74) is 3.74. The molecule has 1 atom stereocenters. The molecule has 0 aromatic carbocycles. The SMILES string of the molecule is Cc1cccc(CN(C)c2ccc([C@@H](C)O)nc2)n1. The number of aliphatic hydroxyl groups is 1. The van der Waals surface area contributed by atoms with Crippen molar-refractivity contribution in [1.29, 1.82) is 0 Å². The molecule has 0 unspecified atom stereocenters. The van der Waals surface area contributed by atoms with Gasteiger partial charge in [0.15, 0.2) is 0 Å². The van der Waals surface area contributed by atoms with Crippen molar-refractivity contribution >= 4 is 5.69 Å². The van der Waals surface area contributed by atoms with Crippen molar-refractivity contribution in [3.05, 3.63) is 53.6 Å². The lowest BCUT2D eigenvalue weighted by Crippen LogP contribution is -2.17. The molecule has 0 aliphatic carbocycles. The molecular formula is C15H19N3O. The van der Waals surface area contributed by atoms with Crippen LogP contribution >= 0.6 is 0 Å². The third-order valence-electron chi connectivity index (χ3n) is 2.98. The van der Waals surface area contributed by atoms with E-state index in [1.165, 1.54) is 0 Å². The zero-order valence-corrected chi connectivity index (χ0v) is 11.5. The van der Waals surface area contributed by atoms with Gasteiger partial charge in [-0.15, -0.1) is 0 Å². The van der Waals surface area contributed by atoms with E-state index in [9.17, 15) is 5.11 Å². The minimum absolute atomic E-state index is 0.530. The van der Waals surface area contributed by atoms with E-state index in [1.54, 1.807) is 13.1 Å². The van der Waals surface area contributed by atoms with Crippen LogP contribution in [0.15, 0.2) is 36.5 Å². The van der Waals surface area contributed by atoms with Gasteiger partial charge in [-0.3, -0.25) is 9.97 Å². The highest BCUT2D eigenvalue weighted by molar-refractivity contribution is 5.44. The van der Waals surface area contributed by atoms with Crippen molar-refractivity contribution in [3.8, 4) is 0 Å². The first-order chi connectivity index (χ1) is 9.06. The Balaban J connectivity index is 2.09. The molecular weight excluding hydrogens is 238 g/mol. The van der Waals surface area contributed by atoms with Gasteiger partial charge in [-0.1, -0.05) is 6.07 Å². The first kappa shape index (κ1) is 13.5. The summed E-state index contributed by atoms with van der Waals surface area (Å²) in [6.07, 6.45) is 1.25. The molecule has 2 rings (SSSR count). The Kier molecular flexibility index (Phi) is 4.12. The molecule has 0 aliphatic heterocycles. The number of hydrogen-bond acceptors (Lipinski definition) is 4. The van der Waals surface area contributed by atoms with E-state index >= 15 is 0 Å². The Hall–Kier alpha value is -1.94. The minimum Gasteiger partial charge on any atom is -0.387 e. The molecule has 0 amide bonds. The molecule has 4 heteroatoms. The predicted molar refractivity (Wildman–Crippen MR) is 76.0 cm³/mol. The average Bonchev–Trinajstić information content (AvgIpc) is 2.39. The van der Waals surface area contributed by atoms with Crippen LogP contribution in [0.5, 0.6) is 0 Å². The normalized spacial score (nSPS) is 12.2. The second kappa shape index (κ2) is 5.80. The van der Waals surface area contributed by atoms with Crippen molar-refractivity contribution in [3.63, 3.8) is 0 Å². The smallest absolute Gasteiger partial charge is 0.0931 e. The van der Waals surface area contributed by atoms with Crippen LogP contribution in [-0.2, 0) is 6.54 Å². The van der Waals surface area contributed by atoms with Gasteiger partial charge in [0.2, 0.25) is 0 Å². The second-order valence-electron chi connectivity index (χ2n) is 4.74. The summed E-state index contributed by atoms with van der Waals surface area (Å²) in [6, 6.07) is 9.83. The molecule has 0 radical (unpaired) electrons. The fourth-order valence-electron chi connectivity index (χ4n) is 1.89. The van der Waals surface area contributed by atoms with E-state index in [0.717, 1.165) is 23.6 Å². The standard InChI is InChI=1S/C15H19N3O/c1-11-5-4-6-13(17-11)10-18(3)14-7-8-15(12(2)19)16-9-14/h4-9,12,19H,10H2,1-3H3/t12-/m1/s1. The lowest BCUT2D eigenvalue weighted by molar-refractivity contribution is 0.194. The second-order valence-corrected chi connectivity index (χ2v) is 4.74. The van der Waals surface area contributed by atoms with Crippen molar-refractivity contribution in [2.24, 2.45) is 0 Å². The van der Waals surface area contributed by atoms with Gasteiger partial charge in [-0.2, -0.15) is 0 Å². The molecule has 2 aromatic heterocycles. The summed E-state index contributed by atoms with van der Waals surface area (Å²) in [4.78, 5) is 10.8. The minimum atomic E-state index is -0.530. The quantitative estimate of drug-likeness (QED) is 0.914. The molecule has 100 valence electrons. The summed E-state index contributed by atoms with van der Waals surface area (Å²) in [5.74, 6) is 0. The summed E-state index contributed by atoms with van der Waals surface area (Å²) >= 11 is 0. The van der Waals surface area contributed by atoms with Crippen LogP contribution in [0.25, 0.3) is 0 Å². The monoisotopic (exact) mass is 257 g/mol. The Morgan fingerprint density at radius 1 is 1.26 bits per heavy atom. The highest BCUT2D eigenvalue weighted by Gasteiger charge is 2.06. The largest absolute Gasteiger partial charge is 0.387 e. The lowest BCUT2D eigenvalue weighted by Gasteiger charge is -2.19. The summed E-state index contributed by atoms with van der Waals surface area (Å²) in [5, 5.41) is 9.43. The fraction of sp³-hybridized carbons (Fsp3) is 0.333. The van der Waals surface area contributed by atoms with E-state index in [1.807, 2.05) is 44.3 Å². The maximum atomic E-state index is 9.43. The van der Waals surface area contributed by atoms with E-state index in [2.05, 4.69) is 14.9 Å². The van der Waals surface area contributed by atoms with Gasteiger partial charge in [-0.05, 0) is 38.1 Å². The molecule has 0 fully saturated rings. The van der Waals surface area contributed by atoms with E-state index in [4.69, 9.17) is 0 Å². The Morgan fingerprint density at radius 3 is 2.63 bits per heavy atom. The van der Waals surface area contributed by atoms with Gasteiger partial charge in [-0.25, -0.2) is 0 Å². The molecule has 0 saturated carbocycles. The Morgan fingerprint density at radius 2 is 2.05 bits per heavy atom. The maximum Gasteiger partial charge on any atom is 0.0931 e. The Bertz CT molecular complexity index is 537. The van der Waals surface area contributed by atoms with Crippen molar-refractivity contribution < 1.29 is 5.11 Å². The number of aryl methyl sites for hydroxylation is 1. The molecule has 0 saturated heterocycles. The number of nitrogens with zero attached hydrogens (tertiary/aromatic N) is 3. The summed E-state index contributed by atoms with van der Waals surface area (Å²) in [7, 11) is 2.00. The molecule has 19 heavy (non-hydrogen) atoms. The third kappa shape index (κ3) is 3.51. The highest BCUT2D eigenvalue weighted by atomic mass is 16.3. The maximum absolute atomic E-state index is 9.43. The Labute approximate surface area is 113 Å². The van der Waals surface area contributed by atoms with Gasteiger partial charge >= 0.3 is 0 Å². The van der Waals surface area contributed by atoms with Crippen LogP contribution in [0.1, 0.15) is 30.1 Å². The van der Waals surface area contributed by atoms with Gasteiger partial charge in [0.05, 0.1) is 35.9 Å². The van der Waals surface area contributed by atoms with Gasteiger partial charge < -0.3 is 10.0 Å². The lowest BCUT2D eigenvalue weighted by atomic mass is 10.2. The summed E-state index contributed by atoms with van der Waals surface area (Å²) < 4.78 is 0. The topological polar surface area (TPSA) is 49.2 Å². The molecule has 0 spiro atoms. The average molecular weight is 257 g/mol. The van der Waals surface area contributed by atoms with Crippen molar-refractivity contribution in [1.82, 2.24) is 9.97 Å². The molecule has 0 aliphatic rings. The van der Waals surface area contributed by atoms with Crippen LogP contribution in [0.3, 0.4) is 0 Å². The zero-order chi connectivity index (χ0) is 13.8. The number of aliphatic hydroxyl groups excluding tert-OH is 1. The van der Waals surface area contributed by atoms with Gasteiger partial charge in [0.25, 0.3) is 0 Å². The molecule has 2 aromatic rings. The van der Waals surface area contributed by atoms with E-state index in [-0.39, 0.29) is 0 Å². The molecule has 1 N–H and O–H groups in total. The van der Waals surface area contributed by atoms with Crippen molar-refractivity contribution in [2.75, 3.05) is 11.9 Å². The summed E-state index contributed by atoms with van der Waals surface area (Å²) in [6.45, 7) is 4.43. The van der Waals surface area contributed by atoms with Crippen LogP contribution in [0.2, 0.25) is 0 Å². The van der Waals surface area contributed by atoms with Crippen LogP contribution < -0.4 is 4.90 Å². The molecule has 0 bridgehead atoms. The van der Waals surface area contributed by atoms with Crippen LogP contribution in [-0.4, -0.2) is 22.1 Å². The third-order valence-corrected chi connectivity index (χ3v) is 2.98.